The highest BCUT2D eigenvalue weighted by Gasteiger charge is 2.20. The molecule has 0 aromatic carbocycles. The van der Waals surface area contributed by atoms with Gasteiger partial charge in [0.1, 0.15) is 5.82 Å². The second kappa shape index (κ2) is 8.41. The normalized spacial score (nSPS) is 16.0. The summed E-state index contributed by atoms with van der Waals surface area (Å²) in [5.74, 6) is 0.348. The monoisotopic (exact) mass is 316 g/mol. The Morgan fingerprint density at radius 2 is 2.04 bits per heavy atom. The smallest absolute Gasteiger partial charge is 0.243 e. The van der Waals surface area contributed by atoms with Crippen molar-refractivity contribution in [3.63, 3.8) is 0 Å². The third-order valence-corrected chi connectivity index (χ3v) is 3.93. The molecule has 0 bridgehead atoms. The Morgan fingerprint density at radius 3 is 2.74 bits per heavy atom. The average Bonchev–Trinajstić information content (AvgIpc) is 2.53. The molecule has 0 unspecified atom stereocenters. The zero-order valence-electron chi connectivity index (χ0n) is 13.8. The minimum absolute atomic E-state index is 0.0372. The Labute approximate surface area is 136 Å². The molecule has 124 valence electrons. The minimum atomic E-state index is -0.198. The summed E-state index contributed by atoms with van der Waals surface area (Å²) < 4.78 is 0. The Hall–Kier alpha value is -2.24. The van der Waals surface area contributed by atoms with Gasteiger partial charge < -0.3 is 5.32 Å². The van der Waals surface area contributed by atoms with Gasteiger partial charge in [-0.25, -0.2) is 10.4 Å². The SMILES string of the molecule is CC(CC(=O)Nc1cc(C)ccn1)=NNC(=O)C1CCCCC1. The topological polar surface area (TPSA) is 83.4 Å². The van der Waals surface area contributed by atoms with Gasteiger partial charge >= 0.3 is 0 Å². The summed E-state index contributed by atoms with van der Waals surface area (Å²) >= 11 is 0. The quantitative estimate of drug-likeness (QED) is 0.647. The zero-order chi connectivity index (χ0) is 16.7. The van der Waals surface area contributed by atoms with E-state index in [9.17, 15) is 9.59 Å². The molecule has 2 rings (SSSR count). The van der Waals surface area contributed by atoms with Crippen LogP contribution in [0.25, 0.3) is 0 Å². The summed E-state index contributed by atoms with van der Waals surface area (Å²) in [6.07, 6.45) is 7.05. The lowest BCUT2D eigenvalue weighted by atomic mass is 9.89. The number of nitrogens with one attached hydrogen (secondary N) is 2. The van der Waals surface area contributed by atoms with Gasteiger partial charge in [0.15, 0.2) is 0 Å². The molecule has 0 atom stereocenters. The van der Waals surface area contributed by atoms with E-state index in [1.54, 1.807) is 19.2 Å². The van der Waals surface area contributed by atoms with Crippen LogP contribution in [0.15, 0.2) is 23.4 Å². The highest BCUT2D eigenvalue weighted by molar-refractivity contribution is 6.05. The lowest BCUT2D eigenvalue weighted by Crippen LogP contribution is -2.29. The van der Waals surface area contributed by atoms with E-state index in [0.29, 0.717) is 11.5 Å². The summed E-state index contributed by atoms with van der Waals surface area (Å²) in [6.45, 7) is 3.66. The maximum Gasteiger partial charge on any atom is 0.243 e. The number of carbonyl (C=O) groups is 2. The fourth-order valence-corrected chi connectivity index (χ4v) is 2.67. The molecule has 23 heavy (non-hydrogen) atoms. The number of amides is 2. The summed E-state index contributed by atoms with van der Waals surface area (Å²) in [4.78, 5) is 28.0. The average molecular weight is 316 g/mol. The molecule has 1 saturated carbocycles. The number of aromatic nitrogens is 1. The zero-order valence-corrected chi connectivity index (χ0v) is 13.8. The first-order chi connectivity index (χ1) is 11.0. The number of nitrogens with zero attached hydrogens (tertiary/aromatic N) is 2. The van der Waals surface area contributed by atoms with Crippen LogP contribution < -0.4 is 10.7 Å². The molecule has 1 aromatic heterocycles. The summed E-state index contributed by atoms with van der Waals surface area (Å²) in [6, 6.07) is 3.67. The van der Waals surface area contributed by atoms with Crippen molar-refractivity contribution in [3.8, 4) is 0 Å². The van der Waals surface area contributed by atoms with Crippen LogP contribution in [-0.4, -0.2) is 22.5 Å². The molecule has 1 aliphatic rings. The van der Waals surface area contributed by atoms with E-state index in [-0.39, 0.29) is 24.2 Å². The second-order valence-electron chi connectivity index (χ2n) is 6.10. The van der Waals surface area contributed by atoms with Crippen molar-refractivity contribution in [2.45, 2.75) is 52.4 Å². The van der Waals surface area contributed by atoms with Crippen LogP contribution >= 0.6 is 0 Å². The largest absolute Gasteiger partial charge is 0.310 e. The number of pyridine rings is 1. The summed E-state index contributed by atoms with van der Waals surface area (Å²) in [5.41, 5.74) is 4.18. The van der Waals surface area contributed by atoms with E-state index in [1.165, 1.54) is 6.42 Å². The Kier molecular flexibility index (Phi) is 6.26. The second-order valence-corrected chi connectivity index (χ2v) is 6.10. The number of aryl methyl sites for hydroxylation is 1. The summed E-state index contributed by atoms with van der Waals surface area (Å²) in [5, 5.41) is 6.76. The standard InChI is InChI=1S/C17H24N4O2/c1-12-8-9-18-15(10-12)19-16(22)11-13(2)20-21-17(23)14-6-4-3-5-7-14/h8-10,14H,3-7,11H2,1-2H3,(H,21,23)(H,18,19,22). The molecule has 2 amide bonds. The van der Waals surface area contributed by atoms with Gasteiger partial charge in [0.2, 0.25) is 11.8 Å². The molecule has 1 aliphatic carbocycles. The van der Waals surface area contributed by atoms with Crippen LogP contribution in [-0.2, 0) is 9.59 Å². The molecule has 0 spiro atoms. The predicted molar refractivity (Wildman–Crippen MR) is 90.0 cm³/mol. The van der Waals surface area contributed by atoms with Gasteiger partial charge in [0.05, 0.1) is 6.42 Å². The number of carbonyl (C=O) groups excluding carboxylic acids is 2. The van der Waals surface area contributed by atoms with Crippen molar-refractivity contribution in [1.82, 2.24) is 10.4 Å². The molecule has 6 heteroatoms. The Bertz CT molecular complexity index is 592. The molecular weight excluding hydrogens is 292 g/mol. The predicted octanol–water partition coefficient (Wildman–Crippen LogP) is 2.79. The van der Waals surface area contributed by atoms with E-state index < -0.39 is 0 Å². The molecule has 0 aliphatic heterocycles. The highest BCUT2D eigenvalue weighted by Crippen LogP contribution is 2.23. The van der Waals surface area contributed by atoms with Crippen LogP contribution in [0.3, 0.4) is 0 Å². The third-order valence-electron chi connectivity index (χ3n) is 3.93. The van der Waals surface area contributed by atoms with Crippen molar-refractivity contribution in [1.29, 1.82) is 0 Å². The first-order valence-electron chi connectivity index (χ1n) is 8.10. The lowest BCUT2D eigenvalue weighted by molar-refractivity contribution is -0.126. The number of anilines is 1. The van der Waals surface area contributed by atoms with E-state index in [2.05, 4.69) is 20.8 Å². The van der Waals surface area contributed by atoms with Crippen LogP contribution in [0.4, 0.5) is 5.82 Å². The third kappa shape index (κ3) is 5.81. The van der Waals surface area contributed by atoms with Crippen LogP contribution in [0.5, 0.6) is 0 Å². The lowest BCUT2D eigenvalue weighted by Gasteiger charge is -2.19. The molecule has 0 saturated heterocycles. The van der Waals surface area contributed by atoms with E-state index >= 15 is 0 Å². The van der Waals surface area contributed by atoms with Crippen LogP contribution in [0, 0.1) is 12.8 Å². The first kappa shape index (κ1) is 17.1. The maximum atomic E-state index is 12.0. The number of rotatable bonds is 5. The molecular formula is C17H24N4O2. The van der Waals surface area contributed by atoms with Crippen molar-refractivity contribution < 1.29 is 9.59 Å². The Balaban J connectivity index is 1.79. The van der Waals surface area contributed by atoms with Gasteiger partial charge in [-0.3, -0.25) is 9.59 Å². The minimum Gasteiger partial charge on any atom is -0.310 e. The van der Waals surface area contributed by atoms with Gasteiger partial charge in [-0.1, -0.05) is 19.3 Å². The number of hydrazone groups is 1. The van der Waals surface area contributed by atoms with Crippen molar-refractivity contribution in [3.05, 3.63) is 23.9 Å². The number of hydrogen-bond acceptors (Lipinski definition) is 4. The fraction of sp³-hybridized carbons (Fsp3) is 0.529. The molecule has 0 radical (unpaired) electrons. The Morgan fingerprint density at radius 1 is 1.30 bits per heavy atom. The van der Waals surface area contributed by atoms with Crippen molar-refractivity contribution >= 4 is 23.3 Å². The van der Waals surface area contributed by atoms with Crippen LogP contribution in [0.1, 0.15) is 51.0 Å². The number of hydrogen-bond donors (Lipinski definition) is 2. The van der Waals surface area contributed by atoms with Crippen LogP contribution in [0.2, 0.25) is 0 Å². The van der Waals surface area contributed by atoms with Gasteiger partial charge in [0.25, 0.3) is 0 Å². The van der Waals surface area contributed by atoms with Crippen molar-refractivity contribution in [2.75, 3.05) is 5.32 Å². The van der Waals surface area contributed by atoms with Gasteiger partial charge in [0, 0.05) is 17.8 Å². The van der Waals surface area contributed by atoms with E-state index in [1.807, 2.05) is 13.0 Å². The van der Waals surface area contributed by atoms with Gasteiger partial charge in [-0.15, -0.1) is 0 Å². The van der Waals surface area contributed by atoms with E-state index in [0.717, 1.165) is 31.2 Å². The highest BCUT2D eigenvalue weighted by atomic mass is 16.2. The molecule has 6 nitrogen and oxygen atoms in total. The maximum absolute atomic E-state index is 12.0. The molecule has 1 heterocycles. The molecule has 2 N–H and O–H groups in total. The van der Waals surface area contributed by atoms with Gasteiger partial charge in [-0.05, 0) is 44.4 Å². The molecule has 1 aromatic rings. The van der Waals surface area contributed by atoms with E-state index in [4.69, 9.17) is 0 Å². The first-order valence-corrected chi connectivity index (χ1v) is 8.10. The molecule has 1 fully saturated rings. The summed E-state index contributed by atoms with van der Waals surface area (Å²) in [7, 11) is 0. The van der Waals surface area contributed by atoms with Gasteiger partial charge in [-0.2, -0.15) is 5.10 Å². The fourth-order valence-electron chi connectivity index (χ4n) is 2.67. The van der Waals surface area contributed by atoms with Crippen molar-refractivity contribution in [2.24, 2.45) is 11.0 Å².